The molecule has 1 aromatic heterocycles. The smallest absolute Gasteiger partial charge is 0.237 e. The van der Waals surface area contributed by atoms with Crippen molar-refractivity contribution >= 4 is 29.0 Å². The minimum atomic E-state index is -0.108. The average molecular weight is 344 g/mol. The van der Waals surface area contributed by atoms with Gasteiger partial charge < -0.3 is 10.1 Å². The summed E-state index contributed by atoms with van der Waals surface area (Å²) in [6, 6.07) is 11.5. The maximum atomic E-state index is 12.5. The Morgan fingerprint density at radius 2 is 2.35 bits per heavy atom. The van der Waals surface area contributed by atoms with Crippen LogP contribution < -0.4 is 10.1 Å². The van der Waals surface area contributed by atoms with Crippen LogP contribution in [0.5, 0.6) is 5.75 Å². The number of benzene rings is 1. The molecule has 6 heteroatoms. The van der Waals surface area contributed by atoms with E-state index < -0.39 is 0 Å². The molecule has 1 atom stereocenters. The number of amides is 1. The second kappa shape index (κ2) is 7.53. The Bertz CT molecular complexity index is 736. The lowest BCUT2D eigenvalue weighted by atomic mass is 10.1. The number of rotatable bonds is 5. The van der Waals surface area contributed by atoms with Gasteiger partial charge in [0.1, 0.15) is 17.1 Å². The predicted molar refractivity (Wildman–Crippen MR) is 92.6 cm³/mol. The van der Waals surface area contributed by atoms with Gasteiger partial charge in [0.2, 0.25) is 5.91 Å². The van der Waals surface area contributed by atoms with Crippen LogP contribution in [0.25, 0.3) is 0 Å². The highest BCUT2D eigenvalue weighted by Gasteiger charge is 2.27. The molecule has 0 aliphatic carbocycles. The lowest BCUT2D eigenvalue weighted by Crippen LogP contribution is -2.29. The number of carbonyl (C=O) groups is 1. The number of nitrogens with zero attached hydrogens (tertiary/aromatic N) is 1. The predicted octanol–water partition coefficient (Wildman–Crippen LogP) is 3.30. The molecule has 1 aliphatic rings. The molecular weight excluding hydrogens is 328 g/mol. The van der Waals surface area contributed by atoms with Crippen LogP contribution in [-0.2, 0) is 17.8 Å². The second-order valence-electron chi connectivity index (χ2n) is 5.11. The quantitative estimate of drug-likeness (QED) is 0.904. The van der Waals surface area contributed by atoms with E-state index in [1.54, 1.807) is 29.2 Å². The number of fused-ring (bicyclic) bond motifs is 1. The largest absolute Gasteiger partial charge is 0.479 e. The monoisotopic (exact) mass is 344 g/mol. The molecule has 0 fully saturated rings. The topological polar surface area (TPSA) is 62.1 Å². The molecular formula is C17H16N2O2S2. The molecule has 1 amide bonds. The number of nitriles is 1. The van der Waals surface area contributed by atoms with Gasteiger partial charge in [0, 0.05) is 11.4 Å². The van der Waals surface area contributed by atoms with Gasteiger partial charge in [0.15, 0.2) is 6.61 Å². The fourth-order valence-corrected chi connectivity index (χ4v) is 4.82. The van der Waals surface area contributed by atoms with Gasteiger partial charge in [-0.15, -0.1) is 23.1 Å². The van der Waals surface area contributed by atoms with Crippen LogP contribution in [0.1, 0.15) is 21.3 Å². The van der Waals surface area contributed by atoms with Crippen molar-refractivity contribution in [2.45, 2.75) is 18.2 Å². The Kier molecular flexibility index (Phi) is 5.21. The van der Waals surface area contributed by atoms with Gasteiger partial charge in [-0.2, -0.15) is 5.26 Å². The van der Waals surface area contributed by atoms with Gasteiger partial charge in [-0.25, -0.2) is 0 Å². The Hall–Kier alpha value is -1.97. The molecule has 2 aromatic rings. The first-order chi connectivity index (χ1) is 11.3. The molecule has 2 heterocycles. The summed E-state index contributed by atoms with van der Waals surface area (Å²) in [6.45, 7) is 0.481. The number of hydrogen-bond donors (Lipinski definition) is 1. The van der Waals surface area contributed by atoms with Crippen LogP contribution >= 0.6 is 23.1 Å². The molecule has 118 valence electrons. The third-order valence-corrected chi connectivity index (χ3v) is 5.82. The van der Waals surface area contributed by atoms with E-state index in [0.717, 1.165) is 23.3 Å². The zero-order chi connectivity index (χ0) is 16.1. The standard InChI is InChI=1S/C17H16N2O2S2/c18-6-7-21-13-3-1-2-12(10-13)11-19-17(20)16-14-4-8-22-15(14)5-9-23-16/h1-4,8,10,16H,5,7,9,11H2,(H,19,20)/t16-/m1/s1. The highest BCUT2D eigenvalue weighted by molar-refractivity contribution is 8.00. The summed E-state index contributed by atoms with van der Waals surface area (Å²) in [5.41, 5.74) is 2.12. The van der Waals surface area contributed by atoms with Gasteiger partial charge in [-0.05, 0) is 46.9 Å². The van der Waals surface area contributed by atoms with Crippen molar-refractivity contribution in [1.29, 1.82) is 5.26 Å². The van der Waals surface area contributed by atoms with Crippen molar-refractivity contribution in [1.82, 2.24) is 5.32 Å². The molecule has 1 aliphatic heterocycles. The Balaban J connectivity index is 1.61. The number of thiophene rings is 1. The summed E-state index contributed by atoms with van der Waals surface area (Å²) in [4.78, 5) is 13.8. The van der Waals surface area contributed by atoms with E-state index in [4.69, 9.17) is 10.00 Å². The van der Waals surface area contributed by atoms with Gasteiger partial charge in [0.05, 0.1) is 0 Å². The summed E-state index contributed by atoms with van der Waals surface area (Å²) in [6.07, 6.45) is 1.06. The summed E-state index contributed by atoms with van der Waals surface area (Å²) >= 11 is 3.44. The van der Waals surface area contributed by atoms with E-state index in [-0.39, 0.29) is 17.8 Å². The molecule has 3 rings (SSSR count). The minimum Gasteiger partial charge on any atom is -0.479 e. The highest BCUT2D eigenvalue weighted by Crippen LogP contribution is 2.39. The third kappa shape index (κ3) is 3.87. The summed E-state index contributed by atoms with van der Waals surface area (Å²) in [7, 11) is 0. The van der Waals surface area contributed by atoms with Crippen LogP contribution in [0, 0.1) is 11.3 Å². The molecule has 0 bridgehead atoms. The van der Waals surface area contributed by atoms with Crippen LogP contribution in [0.3, 0.4) is 0 Å². The Labute approximate surface area is 143 Å². The summed E-state index contributed by atoms with van der Waals surface area (Å²) in [5, 5.41) is 13.5. The molecule has 0 spiro atoms. The van der Waals surface area contributed by atoms with Gasteiger partial charge in [0.25, 0.3) is 0 Å². The van der Waals surface area contributed by atoms with Crippen molar-refractivity contribution in [2.75, 3.05) is 12.4 Å². The van der Waals surface area contributed by atoms with E-state index in [2.05, 4.69) is 16.8 Å². The van der Waals surface area contributed by atoms with Crippen molar-refractivity contribution in [2.24, 2.45) is 0 Å². The van der Waals surface area contributed by atoms with Crippen molar-refractivity contribution < 1.29 is 9.53 Å². The lowest BCUT2D eigenvalue weighted by Gasteiger charge is -2.21. The average Bonchev–Trinajstić information content (AvgIpc) is 3.07. The first kappa shape index (κ1) is 15.9. The molecule has 1 N–H and O–H groups in total. The van der Waals surface area contributed by atoms with Crippen LogP contribution in [0.4, 0.5) is 0 Å². The maximum absolute atomic E-state index is 12.5. The Morgan fingerprint density at radius 3 is 3.22 bits per heavy atom. The molecule has 1 aromatic carbocycles. The molecule has 0 unspecified atom stereocenters. The van der Waals surface area contributed by atoms with Gasteiger partial charge in [-0.3, -0.25) is 4.79 Å². The van der Waals surface area contributed by atoms with Gasteiger partial charge in [-0.1, -0.05) is 12.1 Å². The van der Waals surface area contributed by atoms with Gasteiger partial charge >= 0.3 is 0 Å². The Morgan fingerprint density at radius 1 is 1.43 bits per heavy atom. The van der Waals surface area contributed by atoms with Crippen LogP contribution in [0.2, 0.25) is 0 Å². The fraction of sp³-hybridized carbons (Fsp3) is 0.294. The van der Waals surface area contributed by atoms with Crippen molar-refractivity contribution in [3.05, 3.63) is 51.7 Å². The zero-order valence-corrected chi connectivity index (χ0v) is 14.1. The number of aryl methyl sites for hydroxylation is 1. The molecule has 4 nitrogen and oxygen atoms in total. The summed E-state index contributed by atoms with van der Waals surface area (Å²) < 4.78 is 5.28. The van der Waals surface area contributed by atoms with Crippen molar-refractivity contribution in [3.63, 3.8) is 0 Å². The summed E-state index contributed by atoms with van der Waals surface area (Å²) in [5.74, 6) is 1.69. The number of carbonyl (C=O) groups excluding carboxylic acids is 1. The molecule has 0 saturated carbocycles. The number of hydrogen-bond acceptors (Lipinski definition) is 5. The normalized spacial score (nSPS) is 16.2. The third-order valence-electron chi connectivity index (χ3n) is 3.58. The van der Waals surface area contributed by atoms with Crippen molar-refractivity contribution in [3.8, 4) is 11.8 Å². The lowest BCUT2D eigenvalue weighted by molar-refractivity contribution is -0.120. The molecule has 23 heavy (non-hydrogen) atoms. The van der Waals surface area contributed by atoms with E-state index in [1.807, 2.05) is 24.3 Å². The van der Waals surface area contributed by atoms with E-state index >= 15 is 0 Å². The van der Waals surface area contributed by atoms with E-state index in [1.165, 1.54) is 4.88 Å². The number of nitrogens with one attached hydrogen (secondary N) is 1. The van der Waals surface area contributed by atoms with Crippen LogP contribution in [0.15, 0.2) is 35.7 Å². The maximum Gasteiger partial charge on any atom is 0.237 e. The SMILES string of the molecule is N#CCOc1cccc(CNC(=O)[C@@H]2SCCc3sccc32)c1. The fourth-order valence-electron chi connectivity index (χ4n) is 2.51. The first-order valence-electron chi connectivity index (χ1n) is 7.32. The minimum absolute atomic E-state index is 0.0233. The second-order valence-corrected chi connectivity index (χ2v) is 7.33. The molecule has 0 radical (unpaired) electrons. The zero-order valence-electron chi connectivity index (χ0n) is 12.5. The first-order valence-corrected chi connectivity index (χ1v) is 9.25. The van der Waals surface area contributed by atoms with E-state index in [0.29, 0.717) is 12.3 Å². The highest BCUT2D eigenvalue weighted by atomic mass is 32.2. The van der Waals surface area contributed by atoms with Crippen LogP contribution in [-0.4, -0.2) is 18.3 Å². The number of ether oxygens (including phenoxy) is 1. The molecule has 0 saturated heterocycles. The van der Waals surface area contributed by atoms with E-state index in [9.17, 15) is 4.79 Å². The number of thioether (sulfide) groups is 1.